The molecule has 1 aliphatic rings. The van der Waals surface area contributed by atoms with E-state index in [1.165, 1.54) is 16.7 Å². The van der Waals surface area contributed by atoms with Crippen molar-refractivity contribution in [3.8, 4) is 11.5 Å². The van der Waals surface area contributed by atoms with Gasteiger partial charge in [0.25, 0.3) is 5.91 Å². The van der Waals surface area contributed by atoms with Crippen LogP contribution in [0.4, 0.5) is 5.69 Å². The number of carbonyl (C=O) groups excluding carboxylic acids is 2. The van der Waals surface area contributed by atoms with Crippen molar-refractivity contribution in [1.82, 2.24) is 4.90 Å². The molecule has 0 aliphatic carbocycles. The summed E-state index contributed by atoms with van der Waals surface area (Å²) in [6, 6.07) is 10.2. The second kappa shape index (κ2) is 10.2. The summed E-state index contributed by atoms with van der Waals surface area (Å²) in [4.78, 5) is 31.0. The lowest BCUT2D eigenvalue weighted by Crippen LogP contribution is -2.23. The number of thioether (sulfide) groups is 1. The number of ether oxygens (including phenoxy) is 2. The minimum absolute atomic E-state index is 0.0839. The molecule has 0 unspecified atom stereocenters. The summed E-state index contributed by atoms with van der Waals surface area (Å²) < 4.78 is 11.1. The standard InChI is InChI=1S/C22H21IN2O5S/c1-4-29-17-11-13(10-16(23)19(17)26)12-18-20(27)25(3)22(31-18)24-15-8-6-14(7-9-15)21(28)30-5-2/h6-12,26H,4-5H2,1-3H3. The van der Waals surface area contributed by atoms with Crippen molar-refractivity contribution in [1.29, 1.82) is 0 Å². The molecule has 2 aromatic carbocycles. The Balaban J connectivity index is 1.84. The number of amidine groups is 1. The maximum Gasteiger partial charge on any atom is 0.338 e. The Morgan fingerprint density at radius 2 is 1.94 bits per heavy atom. The van der Waals surface area contributed by atoms with Crippen LogP contribution in [0.1, 0.15) is 29.8 Å². The topological polar surface area (TPSA) is 88.4 Å². The number of likely N-dealkylation sites (N-methyl/N-ethyl adjacent to an activating group) is 1. The number of phenolic OH excluding ortho intramolecular Hbond substituents is 1. The summed E-state index contributed by atoms with van der Waals surface area (Å²) in [7, 11) is 1.66. The number of phenols is 1. The summed E-state index contributed by atoms with van der Waals surface area (Å²) in [5, 5.41) is 10.6. The van der Waals surface area contributed by atoms with Gasteiger partial charge in [0.15, 0.2) is 16.7 Å². The van der Waals surface area contributed by atoms with Crippen LogP contribution in [0.25, 0.3) is 6.08 Å². The SMILES string of the molecule is CCOC(=O)c1ccc(N=C2SC(=Cc3cc(I)c(O)c(OCC)c3)C(=O)N2C)cc1. The van der Waals surface area contributed by atoms with Gasteiger partial charge in [0.1, 0.15) is 0 Å². The number of nitrogens with zero attached hydrogens (tertiary/aromatic N) is 2. The summed E-state index contributed by atoms with van der Waals surface area (Å²) in [6.07, 6.45) is 1.75. The summed E-state index contributed by atoms with van der Waals surface area (Å²) in [5.74, 6) is -0.0985. The molecule has 0 saturated carbocycles. The number of hydrogen-bond acceptors (Lipinski definition) is 7. The molecule has 1 fully saturated rings. The Morgan fingerprint density at radius 1 is 1.23 bits per heavy atom. The Hall–Kier alpha value is -2.53. The molecule has 1 saturated heterocycles. The molecular formula is C22H21IN2O5S. The van der Waals surface area contributed by atoms with Gasteiger partial charge in [-0.15, -0.1) is 0 Å². The number of halogens is 1. The van der Waals surface area contributed by atoms with Crippen LogP contribution in [-0.4, -0.2) is 47.3 Å². The first-order valence-electron chi connectivity index (χ1n) is 9.52. The molecule has 1 N–H and O–H groups in total. The summed E-state index contributed by atoms with van der Waals surface area (Å²) in [5.41, 5.74) is 1.81. The number of aliphatic imine (C=N–C) groups is 1. The molecule has 1 amide bonds. The van der Waals surface area contributed by atoms with E-state index in [2.05, 4.69) is 4.99 Å². The highest BCUT2D eigenvalue weighted by molar-refractivity contribution is 14.1. The van der Waals surface area contributed by atoms with Gasteiger partial charge >= 0.3 is 5.97 Å². The Kier molecular flexibility index (Phi) is 7.60. The lowest BCUT2D eigenvalue weighted by atomic mass is 10.2. The monoisotopic (exact) mass is 552 g/mol. The van der Waals surface area contributed by atoms with Gasteiger partial charge in [-0.25, -0.2) is 9.79 Å². The van der Waals surface area contributed by atoms with E-state index in [-0.39, 0.29) is 17.6 Å². The average Bonchev–Trinajstić information content (AvgIpc) is 3.00. The van der Waals surface area contributed by atoms with Crippen LogP contribution in [0.2, 0.25) is 0 Å². The third kappa shape index (κ3) is 5.40. The molecule has 2 aromatic rings. The van der Waals surface area contributed by atoms with Crippen LogP contribution in [-0.2, 0) is 9.53 Å². The molecule has 0 atom stereocenters. The fourth-order valence-corrected chi connectivity index (χ4v) is 4.35. The summed E-state index contributed by atoms with van der Waals surface area (Å²) in [6.45, 7) is 4.33. The molecule has 0 spiro atoms. The molecule has 0 bridgehead atoms. The quantitative estimate of drug-likeness (QED) is 0.315. The van der Waals surface area contributed by atoms with Crippen LogP contribution in [0.15, 0.2) is 46.3 Å². The molecule has 162 valence electrons. The number of carbonyl (C=O) groups is 2. The minimum atomic E-state index is -0.385. The van der Waals surface area contributed by atoms with Gasteiger partial charge in [-0.2, -0.15) is 0 Å². The Labute approximate surface area is 198 Å². The number of esters is 1. The fraction of sp³-hybridized carbons (Fsp3) is 0.227. The molecule has 3 rings (SSSR count). The molecule has 0 radical (unpaired) electrons. The molecule has 31 heavy (non-hydrogen) atoms. The number of benzene rings is 2. The van der Waals surface area contributed by atoms with Gasteiger partial charge in [-0.1, -0.05) is 0 Å². The zero-order chi connectivity index (χ0) is 22.5. The van der Waals surface area contributed by atoms with E-state index in [9.17, 15) is 14.7 Å². The second-order valence-electron chi connectivity index (χ2n) is 6.42. The molecule has 9 heteroatoms. The molecular weight excluding hydrogens is 531 g/mol. The fourth-order valence-electron chi connectivity index (χ4n) is 2.74. The first-order chi connectivity index (χ1) is 14.8. The van der Waals surface area contributed by atoms with E-state index < -0.39 is 0 Å². The van der Waals surface area contributed by atoms with E-state index in [1.807, 2.05) is 29.5 Å². The van der Waals surface area contributed by atoms with Gasteiger partial charge in [0.05, 0.1) is 32.9 Å². The maximum absolute atomic E-state index is 12.7. The third-order valence-corrected chi connectivity index (χ3v) is 6.14. The predicted molar refractivity (Wildman–Crippen MR) is 130 cm³/mol. The number of aromatic hydroxyl groups is 1. The van der Waals surface area contributed by atoms with Crippen LogP contribution in [0.3, 0.4) is 0 Å². The number of rotatable bonds is 6. The van der Waals surface area contributed by atoms with Gasteiger partial charge < -0.3 is 14.6 Å². The van der Waals surface area contributed by atoms with Gasteiger partial charge in [-0.3, -0.25) is 9.69 Å². The largest absolute Gasteiger partial charge is 0.504 e. The average molecular weight is 552 g/mol. The third-order valence-electron chi connectivity index (χ3n) is 4.26. The van der Waals surface area contributed by atoms with E-state index >= 15 is 0 Å². The normalized spacial score (nSPS) is 16.3. The highest BCUT2D eigenvalue weighted by atomic mass is 127. The van der Waals surface area contributed by atoms with Gasteiger partial charge in [0, 0.05) is 7.05 Å². The molecule has 7 nitrogen and oxygen atoms in total. The van der Waals surface area contributed by atoms with Crippen molar-refractivity contribution < 1.29 is 24.2 Å². The zero-order valence-corrected chi connectivity index (χ0v) is 20.2. The van der Waals surface area contributed by atoms with Crippen molar-refractivity contribution >= 4 is 63.2 Å². The van der Waals surface area contributed by atoms with Crippen molar-refractivity contribution in [2.24, 2.45) is 4.99 Å². The molecule has 1 heterocycles. The van der Waals surface area contributed by atoms with Crippen molar-refractivity contribution in [3.05, 3.63) is 56.0 Å². The number of hydrogen-bond donors (Lipinski definition) is 1. The van der Waals surface area contributed by atoms with E-state index in [0.717, 1.165) is 5.56 Å². The van der Waals surface area contributed by atoms with Gasteiger partial charge in [0.2, 0.25) is 0 Å². The van der Waals surface area contributed by atoms with Crippen LogP contribution < -0.4 is 4.74 Å². The lowest BCUT2D eigenvalue weighted by Gasteiger charge is -2.09. The maximum atomic E-state index is 12.7. The van der Waals surface area contributed by atoms with Crippen LogP contribution in [0, 0.1) is 3.57 Å². The Bertz CT molecular complexity index is 1070. The van der Waals surface area contributed by atoms with Crippen molar-refractivity contribution in [2.45, 2.75) is 13.8 Å². The Morgan fingerprint density at radius 3 is 2.58 bits per heavy atom. The lowest BCUT2D eigenvalue weighted by molar-refractivity contribution is -0.121. The van der Waals surface area contributed by atoms with E-state index in [4.69, 9.17) is 9.47 Å². The highest BCUT2D eigenvalue weighted by Crippen LogP contribution is 2.37. The predicted octanol–water partition coefficient (Wildman–Crippen LogP) is 4.81. The smallest absolute Gasteiger partial charge is 0.338 e. The molecule has 1 aliphatic heterocycles. The van der Waals surface area contributed by atoms with Crippen LogP contribution in [0.5, 0.6) is 11.5 Å². The summed E-state index contributed by atoms with van der Waals surface area (Å²) >= 11 is 3.28. The first kappa shape index (κ1) is 23.1. The minimum Gasteiger partial charge on any atom is -0.504 e. The number of amides is 1. The van der Waals surface area contributed by atoms with Crippen molar-refractivity contribution in [3.63, 3.8) is 0 Å². The van der Waals surface area contributed by atoms with E-state index in [1.54, 1.807) is 56.4 Å². The molecule has 0 aromatic heterocycles. The highest BCUT2D eigenvalue weighted by Gasteiger charge is 2.30. The zero-order valence-electron chi connectivity index (χ0n) is 17.2. The second-order valence-corrected chi connectivity index (χ2v) is 8.59. The van der Waals surface area contributed by atoms with Gasteiger partial charge in [-0.05, 0) is 96.2 Å². The van der Waals surface area contributed by atoms with Crippen molar-refractivity contribution in [2.75, 3.05) is 20.3 Å². The van der Waals surface area contributed by atoms with E-state index in [0.29, 0.717) is 43.9 Å². The van der Waals surface area contributed by atoms with Crippen LogP contribution >= 0.6 is 34.4 Å². The first-order valence-corrected chi connectivity index (χ1v) is 11.4.